The second-order valence-electron chi connectivity index (χ2n) is 4.57. The van der Waals surface area contributed by atoms with E-state index in [2.05, 4.69) is 27.4 Å². The Bertz CT molecular complexity index is 522. The predicted molar refractivity (Wildman–Crippen MR) is 63.6 cm³/mol. The lowest BCUT2D eigenvalue weighted by Crippen LogP contribution is -2.58. The molecule has 0 spiro atoms. The van der Waals surface area contributed by atoms with E-state index < -0.39 is 0 Å². The molecule has 6 nitrogen and oxygen atoms in total. The van der Waals surface area contributed by atoms with Gasteiger partial charge in [-0.05, 0) is 19.1 Å². The molecule has 0 bridgehead atoms. The van der Waals surface area contributed by atoms with Crippen LogP contribution in [0.25, 0.3) is 11.5 Å². The molecule has 1 saturated heterocycles. The van der Waals surface area contributed by atoms with E-state index in [0.29, 0.717) is 24.0 Å². The Kier molecular flexibility index (Phi) is 2.81. The molecule has 1 aliphatic rings. The van der Waals surface area contributed by atoms with Crippen molar-refractivity contribution in [3.05, 3.63) is 30.3 Å². The van der Waals surface area contributed by atoms with Crippen molar-refractivity contribution in [2.45, 2.75) is 19.1 Å². The van der Waals surface area contributed by atoms with Crippen LogP contribution in [0.3, 0.4) is 0 Å². The monoisotopic (exact) mass is 246 g/mol. The largest absolute Gasteiger partial charge is 0.363 e. The molecule has 6 heteroatoms. The standard InChI is InChI=1S/C12H14N4O2/c1-12(7-13-8-12)17-6-10-15-11(16-18-10)9-4-2-3-5-14-9/h2-5,13H,6-8H2,1H3. The number of rotatable bonds is 4. The Morgan fingerprint density at radius 1 is 1.44 bits per heavy atom. The average Bonchev–Trinajstić information content (AvgIpc) is 2.84. The molecule has 0 atom stereocenters. The highest BCUT2D eigenvalue weighted by molar-refractivity contribution is 5.46. The number of aromatic nitrogens is 3. The van der Waals surface area contributed by atoms with Gasteiger partial charge in [-0.1, -0.05) is 11.2 Å². The van der Waals surface area contributed by atoms with Crippen molar-refractivity contribution in [2.24, 2.45) is 0 Å². The summed E-state index contributed by atoms with van der Waals surface area (Å²) in [7, 11) is 0. The fraction of sp³-hybridized carbons (Fsp3) is 0.417. The molecule has 2 aromatic heterocycles. The van der Waals surface area contributed by atoms with Gasteiger partial charge in [0.1, 0.15) is 12.3 Å². The number of hydrogen-bond acceptors (Lipinski definition) is 6. The van der Waals surface area contributed by atoms with Crippen molar-refractivity contribution >= 4 is 0 Å². The number of hydrogen-bond donors (Lipinski definition) is 1. The molecule has 0 saturated carbocycles. The Morgan fingerprint density at radius 2 is 2.33 bits per heavy atom. The van der Waals surface area contributed by atoms with Gasteiger partial charge in [-0.2, -0.15) is 4.98 Å². The maximum Gasteiger partial charge on any atom is 0.253 e. The average molecular weight is 246 g/mol. The summed E-state index contributed by atoms with van der Waals surface area (Å²) in [5.41, 5.74) is 0.587. The van der Waals surface area contributed by atoms with Crippen molar-refractivity contribution in [3.8, 4) is 11.5 Å². The second-order valence-corrected chi connectivity index (χ2v) is 4.57. The van der Waals surface area contributed by atoms with Gasteiger partial charge >= 0.3 is 0 Å². The third-order valence-corrected chi connectivity index (χ3v) is 2.90. The van der Waals surface area contributed by atoms with Crippen molar-refractivity contribution in [1.82, 2.24) is 20.4 Å². The van der Waals surface area contributed by atoms with Crippen molar-refractivity contribution in [3.63, 3.8) is 0 Å². The molecule has 1 aliphatic heterocycles. The first-order valence-electron chi connectivity index (χ1n) is 5.84. The minimum Gasteiger partial charge on any atom is -0.363 e. The van der Waals surface area contributed by atoms with Crippen LogP contribution in [0.1, 0.15) is 12.8 Å². The molecule has 94 valence electrons. The van der Waals surface area contributed by atoms with Crippen LogP contribution in [0.2, 0.25) is 0 Å². The molecule has 18 heavy (non-hydrogen) atoms. The van der Waals surface area contributed by atoms with Gasteiger partial charge in [0.2, 0.25) is 5.82 Å². The smallest absolute Gasteiger partial charge is 0.253 e. The van der Waals surface area contributed by atoms with Crippen LogP contribution in [0.5, 0.6) is 0 Å². The number of nitrogens with one attached hydrogen (secondary N) is 1. The zero-order valence-electron chi connectivity index (χ0n) is 10.1. The number of pyridine rings is 1. The fourth-order valence-electron chi connectivity index (χ4n) is 1.73. The van der Waals surface area contributed by atoms with Gasteiger partial charge in [-0.25, -0.2) is 0 Å². The van der Waals surface area contributed by atoms with Gasteiger partial charge in [0.15, 0.2) is 0 Å². The van der Waals surface area contributed by atoms with Crippen LogP contribution in [0.4, 0.5) is 0 Å². The van der Waals surface area contributed by atoms with Gasteiger partial charge in [0, 0.05) is 19.3 Å². The van der Waals surface area contributed by atoms with Gasteiger partial charge in [-0.15, -0.1) is 0 Å². The third-order valence-electron chi connectivity index (χ3n) is 2.90. The number of nitrogens with zero attached hydrogens (tertiary/aromatic N) is 3. The first-order chi connectivity index (χ1) is 8.75. The van der Waals surface area contributed by atoms with Gasteiger partial charge in [0.05, 0.1) is 5.60 Å². The zero-order valence-corrected chi connectivity index (χ0v) is 10.1. The SMILES string of the molecule is CC1(OCc2nc(-c3ccccn3)no2)CNC1. The molecular weight excluding hydrogens is 232 g/mol. The normalized spacial score (nSPS) is 17.4. The summed E-state index contributed by atoms with van der Waals surface area (Å²) < 4.78 is 10.9. The van der Waals surface area contributed by atoms with Crippen LogP contribution in [-0.4, -0.2) is 33.8 Å². The van der Waals surface area contributed by atoms with Crippen LogP contribution in [0, 0.1) is 0 Å². The van der Waals surface area contributed by atoms with E-state index in [1.807, 2.05) is 18.2 Å². The summed E-state index contributed by atoms with van der Waals surface area (Å²) in [5, 5.41) is 7.05. The second kappa shape index (κ2) is 4.47. The van der Waals surface area contributed by atoms with E-state index in [1.165, 1.54) is 0 Å². The Hall–Kier alpha value is -1.79. The molecule has 1 fully saturated rings. The van der Waals surface area contributed by atoms with Crippen LogP contribution < -0.4 is 5.32 Å². The minimum absolute atomic E-state index is 0.111. The zero-order chi connectivity index (χ0) is 12.4. The van der Waals surface area contributed by atoms with E-state index in [1.54, 1.807) is 6.20 Å². The van der Waals surface area contributed by atoms with Gasteiger partial charge < -0.3 is 14.6 Å². The van der Waals surface area contributed by atoms with Crippen LogP contribution >= 0.6 is 0 Å². The number of ether oxygens (including phenoxy) is 1. The van der Waals surface area contributed by atoms with Crippen LogP contribution in [-0.2, 0) is 11.3 Å². The van der Waals surface area contributed by atoms with E-state index in [4.69, 9.17) is 9.26 Å². The van der Waals surface area contributed by atoms with E-state index in [9.17, 15) is 0 Å². The summed E-state index contributed by atoms with van der Waals surface area (Å²) in [6.07, 6.45) is 1.70. The molecule has 0 amide bonds. The Morgan fingerprint density at radius 3 is 3.00 bits per heavy atom. The maximum absolute atomic E-state index is 5.72. The fourth-order valence-corrected chi connectivity index (χ4v) is 1.73. The van der Waals surface area contributed by atoms with E-state index >= 15 is 0 Å². The molecule has 3 heterocycles. The highest BCUT2D eigenvalue weighted by atomic mass is 16.5. The first kappa shape index (κ1) is 11.3. The summed E-state index contributed by atoms with van der Waals surface area (Å²) in [6, 6.07) is 5.57. The molecule has 2 aromatic rings. The Labute approximate surface area is 104 Å². The summed E-state index contributed by atoms with van der Waals surface area (Å²) in [6.45, 7) is 4.10. The molecular formula is C12H14N4O2. The van der Waals surface area contributed by atoms with Crippen molar-refractivity contribution in [2.75, 3.05) is 13.1 Å². The predicted octanol–water partition coefficient (Wildman–Crippen LogP) is 1.01. The lowest BCUT2D eigenvalue weighted by molar-refractivity contribution is -0.0841. The van der Waals surface area contributed by atoms with Crippen molar-refractivity contribution in [1.29, 1.82) is 0 Å². The van der Waals surface area contributed by atoms with Gasteiger partial charge in [-0.3, -0.25) is 4.98 Å². The minimum atomic E-state index is -0.111. The highest BCUT2D eigenvalue weighted by Gasteiger charge is 2.33. The highest BCUT2D eigenvalue weighted by Crippen LogP contribution is 2.18. The molecule has 1 N–H and O–H groups in total. The van der Waals surface area contributed by atoms with E-state index in [0.717, 1.165) is 13.1 Å². The first-order valence-corrected chi connectivity index (χ1v) is 5.84. The lowest BCUT2D eigenvalue weighted by Gasteiger charge is -2.38. The molecule has 0 aliphatic carbocycles. The van der Waals surface area contributed by atoms with Crippen molar-refractivity contribution < 1.29 is 9.26 Å². The molecule has 0 aromatic carbocycles. The third kappa shape index (κ3) is 2.25. The lowest BCUT2D eigenvalue weighted by atomic mass is 10.0. The summed E-state index contributed by atoms with van der Waals surface area (Å²) >= 11 is 0. The summed E-state index contributed by atoms with van der Waals surface area (Å²) in [5.74, 6) is 0.967. The topological polar surface area (TPSA) is 73.1 Å². The molecule has 3 rings (SSSR count). The maximum atomic E-state index is 5.72. The quantitative estimate of drug-likeness (QED) is 0.868. The molecule has 0 unspecified atom stereocenters. The summed E-state index contributed by atoms with van der Waals surface area (Å²) in [4.78, 5) is 8.42. The Balaban J connectivity index is 1.66. The van der Waals surface area contributed by atoms with Crippen LogP contribution in [0.15, 0.2) is 28.9 Å². The van der Waals surface area contributed by atoms with E-state index in [-0.39, 0.29) is 5.60 Å². The molecule has 0 radical (unpaired) electrons. The van der Waals surface area contributed by atoms with Gasteiger partial charge in [0.25, 0.3) is 5.89 Å².